The summed E-state index contributed by atoms with van der Waals surface area (Å²) in [5.74, 6) is -0.286. The fourth-order valence-corrected chi connectivity index (χ4v) is 4.22. The Morgan fingerprint density at radius 2 is 1.21 bits per heavy atom. The van der Waals surface area contributed by atoms with Crippen LogP contribution < -0.4 is 0 Å². The quantitative estimate of drug-likeness (QED) is 0.227. The van der Waals surface area contributed by atoms with Gasteiger partial charge in [-0.15, -0.1) is 0 Å². The van der Waals surface area contributed by atoms with Gasteiger partial charge in [0.25, 0.3) is 0 Å². The highest BCUT2D eigenvalue weighted by atomic mass is 32.2. The van der Waals surface area contributed by atoms with Gasteiger partial charge >= 0.3 is 5.97 Å². The van der Waals surface area contributed by atoms with Gasteiger partial charge in [0.2, 0.25) is 0 Å². The van der Waals surface area contributed by atoms with Crippen LogP contribution in [0, 0.1) is 0 Å². The van der Waals surface area contributed by atoms with Crippen molar-refractivity contribution >= 4 is 23.6 Å². The molecule has 142 valence electrons. The smallest absolute Gasteiger partial charge is 0.311 e. The van der Waals surface area contributed by atoms with E-state index in [-0.39, 0.29) is 12.4 Å². The van der Waals surface area contributed by atoms with Crippen LogP contribution in [0.15, 0.2) is 95.4 Å². The number of carbonyl (C=O) groups excluding carboxylic acids is 1. The lowest BCUT2D eigenvalue weighted by Crippen LogP contribution is -2.25. The first-order valence-electron chi connectivity index (χ1n) is 9.12. The Balaban J connectivity index is 2.17. The number of ether oxygens (including phenoxy) is 1. The number of esters is 1. The Hall–Kier alpha value is -2.85. The van der Waals surface area contributed by atoms with Gasteiger partial charge in [-0.05, 0) is 35.6 Å². The van der Waals surface area contributed by atoms with Crippen molar-refractivity contribution < 1.29 is 9.53 Å². The van der Waals surface area contributed by atoms with Crippen LogP contribution in [-0.4, -0.2) is 18.8 Å². The zero-order valence-electron chi connectivity index (χ0n) is 16.0. The maximum absolute atomic E-state index is 11.6. The van der Waals surface area contributed by atoms with Crippen LogP contribution in [0.3, 0.4) is 0 Å². The van der Waals surface area contributed by atoms with Gasteiger partial charge < -0.3 is 4.74 Å². The molecule has 0 saturated carbocycles. The van der Waals surface area contributed by atoms with Crippen molar-refractivity contribution in [2.45, 2.75) is 18.1 Å². The predicted octanol–water partition coefficient (Wildman–Crippen LogP) is 5.65. The molecular formula is C24H23NO2S. The molecule has 0 unspecified atom stereocenters. The van der Waals surface area contributed by atoms with E-state index >= 15 is 0 Å². The van der Waals surface area contributed by atoms with Crippen LogP contribution in [0.5, 0.6) is 0 Å². The van der Waals surface area contributed by atoms with E-state index in [0.29, 0.717) is 0 Å². The first kappa shape index (κ1) is 19.9. The minimum absolute atomic E-state index is 0.179. The van der Waals surface area contributed by atoms with Gasteiger partial charge in [0.05, 0.1) is 13.5 Å². The minimum atomic E-state index is -0.527. The third-order valence-corrected chi connectivity index (χ3v) is 5.89. The molecule has 3 nitrogen and oxygen atoms in total. The molecule has 0 spiro atoms. The SMILES string of the molecule is COC(=O)C/C(C)=N/SC(c1ccccc1)(c1ccccc1)c1ccccc1. The zero-order valence-corrected chi connectivity index (χ0v) is 16.9. The topological polar surface area (TPSA) is 38.7 Å². The van der Waals surface area contributed by atoms with E-state index in [1.165, 1.54) is 19.1 Å². The highest BCUT2D eigenvalue weighted by Gasteiger charge is 2.37. The second kappa shape index (κ2) is 9.38. The van der Waals surface area contributed by atoms with E-state index in [4.69, 9.17) is 9.13 Å². The van der Waals surface area contributed by atoms with Crippen molar-refractivity contribution in [2.24, 2.45) is 4.40 Å². The van der Waals surface area contributed by atoms with Crippen molar-refractivity contribution in [1.82, 2.24) is 0 Å². The van der Waals surface area contributed by atoms with Crippen LogP contribution in [0.25, 0.3) is 0 Å². The lowest BCUT2D eigenvalue weighted by atomic mass is 9.84. The Bertz CT molecular complexity index is 828. The van der Waals surface area contributed by atoms with E-state index in [1.807, 2.05) is 61.5 Å². The summed E-state index contributed by atoms with van der Waals surface area (Å²) in [5, 5.41) is 0. The molecule has 4 heteroatoms. The first-order valence-corrected chi connectivity index (χ1v) is 9.89. The zero-order chi connectivity index (χ0) is 19.8. The Morgan fingerprint density at radius 3 is 1.57 bits per heavy atom. The molecule has 0 bridgehead atoms. The number of rotatable bonds is 7. The van der Waals surface area contributed by atoms with Crippen LogP contribution >= 0.6 is 11.9 Å². The number of methoxy groups -OCH3 is 1. The molecule has 0 fully saturated rings. The molecule has 0 aliphatic heterocycles. The summed E-state index contributed by atoms with van der Waals surface area (Å²) >= 11 is 1.47. The van der Waals surface area contributed by atoms with Crippen molar-refractivity contribution in [3.05, 3.63) is 108 Å². The summed E-state index contributed by atoms with van der Waals surface area (Å²) in [6.45, 7) is 1.86. The van der Waals surface area contributed by atoms with Crippen LogP contribution in [0.4, 0.5) is 0 Å². The normalized spacial score (nSPS) is 11.9. The van der Waals surface area contributed by atoms with Gasteiger partial charge in [0.15, 0.2) is 0 Å². The largest absolute Gasteiger partial charge is 0.469 e. The number of nitrogens with zero attached hydrogens (tertiary/aromatic N) is 1. The van der Waals surface area contributed by atoms with E-state index in [9.17, 15) is 4.79 Å². The van der Waals surface area contributed by atoms with Gasteiger partial charge in [-0.2, -0.15) is 0 Å². The van der Waals surface area contributed by atoms with Crippen molar-refractivity contribution in [3.8, 4) is 0 Å². The maximum atomic E-state index is 11.6. The predicted molar refractivity (Wildman–Crippen MR) is 117 cm³/mol. The maximum Gasteiger partial charge on any atom is 0.311 e. The van der Waals surface area contributed by atoms with Crippen LogP contribution in [-0.2, 0) is 14.3 Å². The first-order chi connectivity index (χ1) is 13.7. The number of carbonyl (C=O) groups is 1. The van der Waals surface area contributed by atoms with Crippen molar-refractivity contribution in [3.63, 3.8) is 0 Å². The lowest BCUT2D eigenvalue weighted by molar-refractivity contribution is -0.139. The molecule has 0 saturated heterocycles. The second-order valence-corrected chi connectivity index (χ2v) is 7.43. The highest BCUT2D eigenvalue weighted by Crippen LogP contribution is 2.49. The van der Waals surface area contributed by atoms with Gasteiger partial charge in [-0.3, -0.25) is 4.79 Å². The monoisotopic (exact) mass is 389 g/mol. The third kappa shape index (κ3) is 4.34. The Morgan fingerprint density at radius 1 is 0.821 bits per heavy atom. The van der Waals surface area contributed by atoms with Crippen LogP contribution in [0.2, 0.25) is 0 Å². The number of hydrogen-bond donors (Lipinski definition) is 0. The van der Waals surface area contributed by atoms with E-state index in [0.717, 1.165) is 22.4 Å². The average Bonchev–Trinajstić information content (AvgIpc) is 2.76. The summed E-state index contributed by atoms with van der Waals surface area (Å²) in [4.78, 5) is 11.6. The average molecular weight is 390 g/mol. The molecule has 0 N–H and O–H groups in total. The molecule has 0 heterocycles. The molecule has 0 amide bonds. The van der Waals surface area contributed by atoms with E-state index in [2.05, 4.69) is 36.4 Å². The molecule has 0 aliphatic carbocycles. The Kier molecular flexibility index (Phi) is 6.66. The summed E-state index contributed by atoms with van der Waals surface area (Å²) in [6.07, 6.45) is 0.179. The fraction of sp³-hybridized carbons (Fsp3) is 0.167. The van der Waals surface area contributed by atoms with Gasteiger partial charge in [-0.1, -0.05) is 91.0 Å². The summed E-state index contributed by atoms with van der Waals surface area (Å²) in [6, 6.07) is 31.0. The van der Waals surface area contributed by atoms with E-state index in [1.54, 1.807) is 0 Å². The molecule has 0 aromatic heterocycles. The molecule has 0 aliphatic rings. The van der Waals surface area contributed by atoms with Crippen molar-refractivity contribution in [2.75, 3.05) is 7.11 Å². The van der Waals surface area contributed by atoms with Gasteiger partial charge in [0, 0.05) is 5.71 Å². The summed E-state index contributed by atoms with van der Waals surface area (Å²) < 4.78 is 9.00. The minimum Gasteiger partial charge on any atom is -0.469 e. The van der Waals surface area contributed by atoms with Crippen LogP contribution in [0.1, 0.15) is 30.0 Å². The highest BCUT2D eigenvalue weighted by molar-refractivity contribution is 7.99. The molecule has 3 rings (SSSR count). The number of hydrogen-bond acceptors (Lipinski definition) is 4. The van der Waals surface area contributed by atoms with E-state index < -0.39 is 4.75 Å². The lowest BCUT2D eigenvalue weighted by Gasteiger charge is -2.33. The summed E-state index contributed by atoms with van der Waals surface area (Å²) in [5.41, 5.74) is 4.12. The molecule has 3 aromatic carbocycles. The molecular weight excluding hydrogens is 366 g/mol. The third-order valence-electron chi connectivity index (χ3n) is 4.51. The fourth-order valence-electron chi connectivity index (χ4n) is 3.14. The molecule has 0 atom stereocenters. The second-order valence-electron chi connectivity index (χ2n) is 6.45. The molecule has 3 aromatic rings. The van der Waals surface area contributed by atoms with Crippen molar-refractivity contribution in [1.29, 1.82) is 0 Å². The Labute approximate surface area is 170 Å². The van der Waals surface area contributed by atoms with Gasteiger partial charge in [-0.25, -0.2) is 4.40 Å². The molecule has 0 radical (unpaired) electrons. The number of benzene rings is 3. The standard InChI is InChI=1S/C24H23NO2S/c1-19(18-23(26)27-2)25-28-24(20-12-6-3-7-13-20,21-14-8-4-9-15-21)22-16-10-5-11-17-22/h3-17H,18H2,1-2H3/b25-19+. The summed E-state index contributed by atoms with van der Waals surface area (Å²) in [7, 11) is 1.39. The van der Waals surface area contributed by atoms with Gasteiger partial charge in [0.1, 0.15) is 4.75 Å². The molecule has 28 heavy (non-hydrogen) atoms.